The Kier molecular flexibility index (Phi) is 3.54. The lowest BCUT2D eigenvalue weighted by Crippen LogP contribution is -2.26. The molecule has 118 valence electrons. The number of furan rings is 1. The van der Waals surface area contributed by atoms with Gasteiger partial charge in [-0.1, -0.05) is 60.7 Å². The largest absolute Gasteiger partial charge is 0.451 e. The molecule has 4 rings (SSSR count). The van der Waals surface area contributed by atoms with Gasteiger partial charge in [-0.3, -0.25) is 4.79 Å². The Labute approximate surface area is 139 Å². The monoisotopic (exact) mass is 315 g/mol. The van der Waals surface area contributed by atoms with E-state index in [0.717, 1.165) is 27.3 Å². The van der Waals surface area contributed by atoms with E-state index in [1.165, 1.54) is 0 Å². The van der Waals surface area contributed by atoms with Gasteiger partial charge in [-0.15, -0.1) is 0 Å². The van der Waals surface area contributed by atoms with Crippen molar-refractivity contribution in [1.82, 2.24) is 5.32 Å². The van der Waals surface area contributed by atoms with Crippen LogP contribution in [0, 0.1) is 0 Å². The van der Waals surface area contributed by atoms with Gasteiger partial charge in [0.15, 0.2) is 5.76 Å². The number of carbonyl (C=O) groups excluding carboxylic acids is 1. The molecule has 3 aromatic carbocycles. The van der Waals surface area contributed by atoms with Crippen molar-refractivity contribution < 1.29 is 9.21 Å². The summed E-state index contributed by atoms with van der Waals surface area (Å²) in [5, 5.41) is 6.18. The topological polar surface area (TPSA) is 42.2 Å². The average Bonchev–Trinajstić information content (AvgIpc) is 3.07. The third kappa shape index (κ3) is 2.54. The molecule has 0 radical (unpaired) electrons. The van der Waals surface area contributed by atoms with Crippen LogP contribution in [0.3, 0.4) is 0 Å². The maximum atomic E-state index is 12.5. The number of amides is 1. The van der Waals surface area contributed by atoms with Gasteiger partial charge in [0.05, 0.1) is 6.04 Å². The first-order valence-electron chi connectivity index (χ1n) is 7.99. The first-order chi connectivity index (χ1) is 11.7. The fourth-order valence-corrected chi connectivity index (χ4v) is 3.00. The fraction of sp³-hybridized carbons (Fsp3) is 0.0952. The van der Waals surface area contributed by atoms with Crippen molar-refractivity contribution >= 4 is 27.6 Å². The summed E-state index contributed by atoms with van der Waals surface area (Å²) in [5.41, 5.74) is 1.79. The minimum absolute atomic E-state index is 0.0799. The van der Waals surface area contributed by atoms with E-state index in [4.69, 9.17) is 4.42 Å². The highest BCUT2D eigenvalue weighted by Crippen LogP contribution is 2.28. The van der Waals surface area contributed by atoms with Gasteiger partial charge >= 0.3 is 0 Å². The average molecular weight is 315 g/mol. The standard InChI is InChI=1S/C21H17NO2/c1-14(15-7-3-2-4-8-15)22-21(23)20-13-18-17-10-6-5-9-16(17)11-12-19(18)24-20/h2-14H,1H3,(H,22,23)/t14-/m0/s1. The fourth-order valence-electron chi connectivity index (χ4n) is 3.00. The highest BCUT2D eigenvalue weighted by Gasteiger charge is 2.16. The van der Waals surface area contributed by atoms with Gasteiger partial charge in [-0.05, 0) is 35.4 Å². The first-order valence-corrected chi connectivity index (χ1v) is 7.99. The smallest absolute Gasteiger partial charge is 0.287 e. The molecule has 1 aromatic heterocycles. The van der Waals surface area contributed by atoms with Crippen molar-refractivity contribution in [3.05, 3.63) is 84.1 Å². The molecule has 0 unspecified atom stereocenters. The molecule has 0 saturated carbocycles. The molecule has 0 saturated heterocycles. The van der Waals surface area contributed by atoms with E-state index in [1.54, 1.807) is 0 Å². The zero-order valence-electron chi connectivity index (χ0n) is 13.3. The van der Waals surface area contributed by atoms with Gasteiger partial charge in [-0.2, -0.15) is 0 Å². The van der Waals surface area contributed by atoms with E-state index in [1.807, 2.05) is 73.7 Å². The molecule has 1 atom stereocenters. The van der Waals surface area contributed by atoms with Gasteiger partial charge in [0, 0.05) is 5.39 Å². The lowest BCUT2D eigenvalue weighted by molar-refractivity contribution is 0.0914. The van der Waals surface area contributed by atoms with Crippen molar-refractivity contribution in [3.8, 4) is 0 Å². The molecule has 0 bridgehead atoms. The lowest BCUT2D eigenvalue weighted by Gasteiger charge is -2.12. The Morgan fingerprint density at radius 3 is 2.50 bits per heavy atom. The Balaban J connectivity index is 1.66. The highest BCUT2D eigenvalue weighted by atomic mass is 16.3. The molecule has 1 heterocycles. The van der Waals surface area contributed by atoms with Crippen LogP contribution in [-0.2, 0) is 0 Å². The summed E-state index contributed by atoms with van der Waals surface area (Å²) in [6.45, 7) is 1.96. The van der Waals surface area contributed by atoms with Crippen LogP contribution in [0.2, 0.25) is 0 Å². The molecule has 3 nitrogen and oxygen atoms in total. The molecule has 0 aliphatic rings. The zero-order chi connectivity index (χ0) is 16.5. The molecule has 4 aromatic rings. The van der Waals surface area contributed by atoms with Gasteiger partial charge in [0.25, 0.3) is 5.91 Å². The second-order valence-corrected chi connectivity index (χ2v) is 5.91. The van der Waals surface area contributed by atoms with E-state index < -0.39 is 0 Å². The lowest BCUT2D eigenvalue weighted by atomic mass is 10.1. The van der Waals surface area contributed by atoms with Crippen LogP contribution >= 0.6 is 0 Å². The van der Waals surface area contributed by atoms with E-state index in [9.17, 15) is 4.79 Å². The van der Waals surface area contributed by atoms with Crippen LogP contribution in [-0.4, -0.2) is 5.91 Å². The Bertz CT molecular complexity index is 1020. The molecular weight excluding hydrogens is 298 g/mol. The second-order valence-electron chi connectivity index (χ2n) is 5.91. The van der Waals surface area contributed by atoms with E-state index >= 15 is 0 Å². The Hall–Kier alpha value is -3.07. The summed E-state index contributed by atoms with van der Waals surface area (Å²) in [7, 11) is 0. The summed E-state index contributed by atoms with van der Waals surface area (Å²) < 4.78 is 5.76. The Morgan fingerprint density at radius 2 is 1.67 bits per heavy atom. The molecule has 3 heteroatoms. The molecule has 24 heavy (non-hydrogen) atoms. The maximum Gasteiger partial charge on any atom is 0.287 e. The van der Waals surface area contributed by atoms with Crippen LogP contribution in [0.1, 0.15) is 29.1 Å². The van der Waals surface area contributed by atoms with Crippen molar-refractivity contribution in [2.24, 2.45) is 0 Å². The van der Waals surface area contributed by atoms with Crippen molar-refractivity contribution in [2.75, 3.05) is 0 Å². The molecule has 0 spiro atoms. The maximum absolute atomic E-state index is 12.5. The summed E-state index contributed by atoms with van der Waals surface area (Å²) in [6, 6.07) is 23.6. The number of benzene rings is 3. The van der Waals surface area contributed by atoms with Crippen LogP contribution in [0.5, 0.6) is 0 Å². The predicted octanol–water partition coefficient (Wildman–Crippen LogP) is 5.08. The SMILES string of the molecule is C[C@H](NC(=O)c1cc2c(ccc3ccccc32)o1)c1ccccc1. The first kappa shape index (κ1) is 14.5. The molecular formula is C21H17NO2. The summed E-state index contributed by atoms with van der Waals surface area (Å²) in [4.78, 5) is 12.5. The number of hydrogen-bond acceptors (Lipinski definition) is 2. The van der Waals surface area contributed by atoms with Gasteiger partial charge in [0.2, 0.25) is 0 Å². The normalized spacial score (nSPS) is 12.4. The third-order valence-corrected chi connectivity index (χ3v) is 4.30. The van der Waals surface area contributed by atoms with E-state index in [-0.39, 0.29) is 11.9 Å². The van der Waals surface area contributed by atoms with Crippen LogP contribution < -0.4 is 5.32 Å². The summed E-state index contributed by atoms with van der Waals surface area (Å²) in [5.74, 6) is 0.135. The number of nitrogens with one attached hydrogen (secondary N) is 1. The number of rotatable bonds is 3. The van der Waals surface area contributed by atoms with Crippen LogP contribution in [0.15, 0.2) is 77.2 Å². The third-order valence-electron chi connectivity index (χ3n) is 4.30. The number of fused-ring (bicyclic) bond motifs is 3. The van der Waals surface area contributed by atoms with Crippen LogP contribution in [0.4, 0.5) is 0 Å². The van der Waals surface area contributed by atoms with Gasteiger partial charge < -0.3 is 9.73 Å². The van der Waals surface area contributed by atoms with E-state index in [0.29, 0.717) is 5.76 Å². The van der Waals surface area contributed by atoms with Gasteiger partial charge in [-0.25, -0.2) is 0 Å². The predicted molar refractivity (Wildman–Crippen MR) is 96.0 cm³/mol. The van der Waals surface area contributed by atoms with Crippen molar-refractivity contribution in [2.45, 2.75) is 13.0 Å². The molecule has 0 fully saturated rings. The highest BCUT2D eigenvalue weighted by molar-refractivity contribution is 6.08. The quantitative estimate of drug-likeness (QED) is 0.573. The van der Waals surface area contributed by atoms with Crippen LogP contribution in [0.25, 0.3) is 21.7 Å². The van der Waals surface area contributed by atoms with Crippen molar-refractivity contribution in [3.63, 3.8) is 0 Å². The van der Waals surface area contributed by atoms with Crippen molar-refractivity contribution in [1.29, 1.82) is 0 Å². The zero-order valence-corrected chi connectivity index (χ0v) is 13.3. The summed E-state index contributed by atoms with van der Waals surface area (Å²) >= 11 is 0. The number of hydrogen-bond donors (Lipinski definition) is 1. The molecule has 1 N–H and O–H groups in total. The minimum Gasteiger partial charge on any atom is -0.451 e. The number of carbonyl (C=O) groups is 1. The van der Waals surface area contributed by atoms with Gasteiger partial charge in [0.1, 0.15) is 5.58 Å². The molecule has 0 aliphatic carbocycles. The Morgan fingerprint density at radius 1 is 0.917 bits per heavy atom. The molecule has 1 amide bonds. The molecule has 0 aliphatic heterocycles. The van der Waals surface area contributed by atoms with E-state index in [2.05, 4.69) is 11.4 Å². The summed E-state index contributed by atoms with van der Waals surface area (Å²) in [6.07, 6.45) is 0. The second kappa shape index (κ2) is 5.85. The minimum atomic E-state index is -0.202.